The van der Waals surface area contributed by atoms with Crippen LogP contribution in [0.2, 0.25) is 0 Å². The lowest BCUT2D eigenvalue weighted by Gasteiger charge is -2.23. The third kappa shape index (κ3) is 5.39. The quantitative estimate of drug-likeness (QED) is 0.679. The van der Waals surface area contributed by atoms with E-state index in [1.807, 2.05) is 31.2 Å². The van der Waals surface area contributed by atoms with Gasteiger partial charge in [-0.25, -0.2) is 0 Å². The van der Waals surface area contributed by atoms with Gasteiger partial charge in [0.2, 0.25) is 0 Å². The summed E-state index contributed by atoms with van der Waals surface area (Å²) < 4.78 is 0. The number of thiocarbonyl (C=S) groups is 1. The van der Waals surface area contributed by atoms with Gasteiger partial charge in [-0.2, -0.15) is 0 Å². The van der Waals surface area contributed by atoms with E-state index >= 15 is 0 Å². The topological polar surface area (TPSA) is 70.2 Å². The number of aryl methyl sites for hydroxylation is 1. The first-order chi connectivity index (χ1) is 13.5. The molecule has 0 radical (unpaired) electrons. The standard InChI is InChI=1S/C22H25N3O2S/c1-15-8-7-9-16(14-15)20(26)25-22(28)24-19-13-6-5-12-18(19)21(27)23-17-10-3-2-4-11-17/h5-9,12-14,17H,2-4,10-11H2,1H3,(H,23,27)(H2,24,25,26,28). The summed E-state index contributed by atoms with van der Waals surface area (Å²) in [5, 5.41) is 8.92. The molecule has 5 nitrogen and oxygen atoms in total. The highest BCUT2D eigenvalue weighted by atomic mass is 32.1. The Labute approximate surface area is 170 Å². The van der Waals surface area contributed by atoms with Crippen LogP contribution in [-0.2, 0) is 0 Å². The molecule has 1 aliphatic carbocycles. The van der Waals surface area contributed by atoms with Crippen molar-refractivity contribution in [1.82, 2.24) is 10.6 Å². The van der Waals surface area contributed by atoms with Crippen LogP contribution in [0.25, 0.3) is 0 Å². The molecule has 3 rings (SSSR count). The first kappa shape index (κ1) is 20.0. The normalized spacial score (nSPS) is 14.2. The average Bonchev–Trinajstić information content (AvgIpc) is 2.69. The van der Waals surface area contributed by atoms with Crippen LogP contribution in [0, 0.1) is 6.92 Å². The molecule has 0 aromatic heterocycles. The van der Waals surface area contributed by atoms with Crippen LogP contribution in [0.5, 0.6) is 0 Å². The van der Waals surface area contributed by atoms with Gasteiger partial charge in [0.25, 0.3) is 11.8 Å². The second-order valence-electron chi connectivity index (χ2n) is 7.13. The molecule has 3 N–H and O–H groups in total. The fraction of sp³-hybridized carbons (Fsp3) is 0.318. The number of nitrogens with one attached hydrogen (secondary N) is 3. The minimum Gasteiger partial charge on any atom is -0.349 e. The van der Waals surface area contributed by atoms with Crippen LogP contribution >= 0.6 is 12.2 Å². The fourth-order valence-electron chi connectivity index (χ4n) is 3.42. The summed E-state index contributed by atoms with van der Waals surface area (Å²) in [6.07, 6.45) is 5.58. The molecule has 1 saturated carbocycles. The summed E-state index contributed by atoms with van der Waals surface area (Å²) in [5.74, 6) is -0.409. The second-order valence-corrected chi connectivity index (χ2v) is 7.54. The lowest BCUT2D eigenvalue weighted by Crippen LogP contribution is -2.37. The van der Waals surface area contributed by atoms with Gasteiger partial charge in [0, 0.05) is 11.6 Å². The molecule has 0 atom stereocenters. The van der Waals surface area contributed by atoms with Gasteiger partial charge in [0.15, 0.2) is 5.11 Å². The van der Waals surface area contributed by atoms with E-state index in [4.69, 9.17) is 12.2 Å². The number of carbonyl (C=O) groups is 2. The molecule has 0 unspecified atom stereocenters. The highest BCUT2D eigenvalue weighted by molar-refractivity contribution is 7.80. The van der Waals surface area contributed by atoms with Crippen molar-refractivity contribution in [1.29, 1.82) is 0 Å². The molecule has 1 fully saturated rings. The molecule has 0 saturated heterocycles. The zero-order valence-electron chi connectivity index (χ0n) is 16.0. The molecule has 146 valence electrons. The molecule has 6 heteroatoms. The lowest BCUT2D eigenvalue weighted by atomic mass is 9.95. The second kappa shape index (κ2) is 9.46. The van der Waals surface area contributed by atoms with Gasteiger partial charge in [-0.1, -0.05) is 49.1 Å². The van der Waals surface area contributed by atoms with Crippen LogP contribution in [0.1, 0.15) is 58.4 Å². The fourth-order valence-corrected chi connectivity index (χ4v) is 3.62. The van der Waals surface area contributed by atoms with E-state index in [2.05, 4.69) is 16.0 Å². The molecule has 2 amide bonds. The maximum absolute atomic E-state index is 12.7. The smallest absolute Gasteiger partial charge is 0.257 e. The van der Waals surface area contributed by atoms with Crippen molar-refractivity contribution in [2.45, 2.75) is 45.1 Å². The maximum Gasteiger partial charge on any atom is 0.257 e. The zero-order valence-corrected chi connectivity index (χ0v) is 16.8. The van der Waals surface area contributed by atoms with E-state index in [0.717, 1.165) is 31.2 Å². The number of benzene rings is 2. The highest BCUT2D eigenvalue weighted by Crippen LogP contribution is 2.20. The van der Waals surface area contributed by atoms with Crippen LogP contribution in [0.4, 0.5) is 5.69 Å². The molecule has 0 spiro atoms. The summed E-state index contributed by atoms with van der Waals surface area (Å²) in [7, 11) is 0. The molecule has 28 heavy (non-hydrogen) atoms. The summed E-state index contributed by atoms with van der Waals surface area (Å²) >= 11 is 5.28. The van der Waals surface area contributed by atoms with Gasteiger partial charge < -0.3 is 10.6 Å². The van der Waals surface area contributed by atoms with Gasteiger partial charge >= 0.3 is 0 Å². The van der Waals surface area contributed by atoms with Crippen molar-refractivity contribution in [3.63, 3.8) is 0 Å². The zero-order chi connectivity index (χ0) is 19.9. The van der Waals surface area contributed by atoms with Crippen molar-refractivity contribution in [3.05, 3.63) is 65.2 Å². The van der Waals surface area contributed by atoms with E-state index in [1.54, 1.807) is 24.3 Å². The molecule has 0 bridgehead atoms. The molecule has 1 aliphatic rings. The average molecular weight is 396 g/mol. The number of amides is 2. The Morgan fingerprint density at radius 3 is 2.46 bits per heavy atom. The predicted octanol–water partition coefficient (Wildman–Crippen LogP) is 4.18. The van der Waals surface area contributed by atoms with E-state index < -0.39 is 0 Å². The Bertz CT molecular complexity index is 876. The van der Waals surface area contributed by atoms with Gasteiger partial charge in [-0.15, -0.1) is 0 Å². The highest BCUT2D eigenvalue weighted by Gasteiger charge is 2.19. The van der Waals surface area contributed by atoms with E-state index in [9.17, 15) is 9.59 Å². The molecule has 0 aliphatic heterocycles. The molecular formula is C22H25N3O2S. The Morgan fingerprint density at radius 2 is 1.71 bits per heavy atom. The summed E-state index contributed by atoms with van der Waals surface area (Å²) in [5.41, 5.74) is 2.62. The van der Waals surface area contributed by atoms with Crippen LogP contribution in [-0.4, -0.2) is 23.0 Å². The Balaban J connectivity index is 1.64. The van der Waals surface area contributed by atoms with Gasteiger partial charge in [-0.3, -0.25) is 14.9 Å². The monoisotopic (exact) mass is 395 g/mol. The van der Waals surface area contributed by atoms with Gasteiger partial charge in [0.05, 0.1) is 11.3 Å². The number of rotatable bonds is 4. The lowest BCUT2D eigenvalue weighted by molar-refractivity contribution is 0.0927. The number of anilines is 1. The molecule has 2 aromatic rings. The Hall–Kier alpha value is -2.73. The Morgan fingerprint density at radius 1 is 0.964 bits per heavy atom. The SMILES string of the molecule is Cc1cccc(C(=O)NC(=S)Nc2ccccc2C(=O)NC2CCCCC2)c1. The third-order valence-corrected chi connectivity index (χ3v) is 5.07. The third-order valence-electron chi connectivity index (χ3n) is 4.87. The summed E-state index contributed by atoms with van der Waals surface area (Å²) in [6, 6.07) is 14.7. The van der Waals surface area contributed by atoms with Crippen molar-refractivity contribution in [2.24, 2.45) is 0 Å². The van der Waals surface area contributed by atoms with Crippen LogP contribution < -0.4 is 16.0 Å². The number of hydrogen-bond donors (Lipinski definition) is 3. The molecular weight excluding hydrogens is 370 g/mol. The Kier molecular flexibility index (Phi) is 6.76. The minimum atomic E-state index is -0.287. The molecule has 2 aromatic carbocycles. The maximum atomic E-state index is 12.7. The van der Waals surface area contributed by atoms with E-state index in [-0.39, 0.29) is 23.0 Å². The van der Waals surface area contributed by atoms with Crippen molar-refractivity contribution in [2.75, 3.05) is 5.32 Å². The summed E-state index contributed by atoms with van der Waals surface area (Å²) in [6.45, 7) is 1.93. The summed E-state index contributed by atoms with van der Waals surface area (Å²) in [4.78, 5) is 25.1. The first-order valence-corrected chi connectivity index (χ1v) is 10.0. The largest absolute Gasteiger partial charge is 0.349 e. The number of para-hydroxylation sites is 1. The van der Waals surface area contributed by atoms with Crippen molar-refractivity contribution >= 4 is 34.8 Å². The molecule has 0 heterocycles. The van der Waals surface area contributed by atoms with E-state index in [1.165, 1.54) is 6.42 Å². The minimum absolute atomic E-state index is 0.122. The number of hydrogen-bond acceptors (Lipinski definition) is 3. The van der Waals surface area contributed by atoms with Crippen molar-refractivity contribution < 1.29 is 9.59 Å². The first-order valence-electron chi connectivity index (χ1n) is 9.62. The number of carbonyl (C=O) groups excluding carboxylic acids is 2. The van der Waals surface area contributed by atoms with Gasteiger partial charge in [-0.05, 0) is 56.2 Å². The van der Waals surface area contributed by atoms with E-state index in [0.29, 0.717) is 16.8 Å². The van der Waals surface area contributed by atoms with Gasteiger partial charge in [0.1, 0.15) is 0 Å². The van der Waals surface area contributed by atoms with Crippen LogP contribution in [0.3, 0.4) is 0 Å². The predicted molar refractivity (Wildman–Crippen MR) is 116 cm³/mol. The van der Waals surface area contributed by atoms with Crippen LogP contribution in [0.15, 0.2) is 48.5 Å². The van der Waals surface area contributed by atoms with Crippen molar-refractivity contribution in [3.8, 4) is 0 Å².